The van der Waals surface area contributed by atoms with Crippen LogP contribution in [0.15, 0.2) is 36.6 Å². The lowest BCUT2D eigenvalue weighted by atomic mass is 10.4. The number of carbonyl (C=O) groups excluding carboxylic acids is 2. The molecule has 0 aromatic heterocycles. The van der Waals surface area contributed by atoms with Crippen molar-refractivity contribution in [3.63, 3.8) is 0 Å². The Kier molecular flexibility index (Phi) is 7.49. The monoisotopic (exact) mass is 223 g/mol. The number of imide groups is 1. The maximum atomic E-state index is 11.3. The molecule has 0 bridgehead atoms. The predicted octanol–water partition coefficient (Wildman–Crippen LogP) is 1.65. The van der Waals surface area contributed by atoms with Crippen LogP contribution < -0.4 is 0 Å². The minimum absolute atomic E-state index is 0.212. The summed E-state index contributed by atoms with van der Waals surface area (Å²) in [5, 5.41) is 0. The van der Waals surface area contributed by atoms with Crippen molar-refractivity contribution in [2.75, 3.05) is 13.2 Å². The summed E-state index contributed by atoms with van der Waals surface area (Å²) in [6.07, 6.45) is 6.90. The summed E-state index contributed by atoms with van der Waals surface area (Å²) in [5.74, 6) is 0.157. The summed E-state index contributed by atoms with van der Waals surface area (Å²) < 4.78 is 5.18. The average molecular weight is 223 g/mol. The first kappa shape index (κ1) is 14.2. The zero-order chi connectivity index (χ0) is 12.4. The standard InChI is InChI=1S/C12H17NO3/c1-4-6-11(3)16-9-8-13(10-14)12(15)7-5-2/h4-7,10H,3,8-9H2,1-2H3/b6-4+,7-5-. The Labute approximate surface area is 95.9 Å². The molecule has 0 spiro atoms. The van der Waals surface area contributed by atoms with Crippen molar-refractivity contribution >= 4 is 12.3 Å². The third-order valence-electron chi connectivity index (χ3n) is 1.69. The fourth-order valence-electron chi connectivity index (χ4n) is 0.962. The fraction of sp³-hybridized carbons (Fsp3) is 0.333. The van der Waals surface area contributed by atoms with E-state index in [9.17, 15) is 9.59 Å². The van der Waals surface area contributed by atoms with Gasteiger partial charge in [0.2, 0.25) is 6.41 Å². The molecule has 0 aliphatic heterocycles. The van der Waals surface area contributed by atoms with Crippen molar-refractivity contribution in [2.45, 2.75) is 13.8 Å². The zero-order valence-corrected chi connectivity index (χ0v) is 9.68. The van der Waals surface area contributed by atoms with Crippen LogP contribution in [0.4, 0.5) is 0 Å². The third kappa shape index (κ3) is 5.80. The first-order valence-corrected chi connectivity index (χ1v) is 4.98. The van der Waals surface area contributed by atoms with Crippen molar-refractivity contribution in [3.8, 4) is 0 Å². The Morgan fingerprint density at radius 3 is 2.44 bits per heavy atom. The van der Waals surface area contributed by atoms with Gasteiger partial charge in [0.05, 0.1) is 6.54 Å². The van der Waals surface area contributed by atoms with Crippen LogP contribution in [0.5, 0.6) is 0 Å². The van der Waals surface area contributed by atoms with Crippen LogP contribution in [-0.2, 0) is 14.3 Å². The number of hydrogen-bond donors (Lipinski definition) is 0. The van der Waals surface area contributed by atoms with E-state index in [1.165, 1.54) is 6.08 Å². The van der Waals surface area contributed by atoms with Gasteiger partial charge in [0.25, 0.3) is 5.91 Å². The number of nitrogens with zero attached hydrogens (tertiary/aromatic N) is 1. The highest BCUT2D eigenvalue weighted by molar-refractivity contribution is 5.94. The largest absolute Gasteiger partial charge is 0.492 e. The van der Waals surface area contributed by atoms with Gasteiger partial charge in [-0.3, -0.25) is 14.5 Å². The SMILES string of the molecule is C=C(/C=C/C)OCCN(C=O)C(=O)/C=C\C. The van der Waals surface area contributed by atoms with E-state index in [0.717, 1.165) is 4.90 Å². The van der Waals surface area contributed by atoms with Crippen molar-refractivity contribution in [3.05, 3.63) is 36.6 Å². The number of carbonyl (C=O) groups is 2. The molecule has 2 amide bonds. The molecule has 0 N–H and O–H groups in total. The van der Waals surface area contributed by atoms with Crippen LogP contribution >= 0.6 is 0 Å². The Bertz CT molecular complexity index is 305. The Hall–Kier alpha value is -1.84. The molecule has 0 aliphatic rings. The van der Waals surface area contributed by atoms with E-state index >= 15 is 0 Å². The van der Waals surface area contributed by atoms with Crippen LogP contribution in [0.25, 0.3) is 0 Å². The summed E-state index contributed by atoms with van der Waals surface area (Å²) in [6, 6.07) is 0. The molecule has 0 aliphatic carbocycles. The molecule has 0 atom stereocenters. The van der Waals surface area contributed by atoms with Gasteiger partial charge in [-0.2, -0.15) is 0 Å². The minimum atomic E-state index is -0.349. The molecule has 0 fully saturated rings. The minimum Gasteiger partial charge on any atom is -0.492 e. The van der Waals surface area contributed by atoms with Crippen molar-refractivity contribution in [2.24, 2.45) is 0 Å². The second-order valence-corrected chi connectivity index (χ2v) is 2.95. The number of rotatable bonds is 7. The predicted molar refractivity (Wildman–Crippen MR) is 62.5 cm³/mol. The maximum Gasteiger partial charge on any atom is 0.252 e. The fourth-order valence-corrected chi connectivity index (χ4v) is 0.962. The molecular weight excluding hydrogens is 206 g/mol. The maximum absolute atomic E-state index is 11.3. The Balaban J connectivity index is 4.01. The quantitative estimate of drug-likeness (QED) is 0.285. The molecule has 4 nitrogen and oxygen atoms in total. The molecule has 4 heteroatoms. The van der Waals surface area contributed by atoms with Crippen LogP contribution in [0.2, 0.25) is 0 Å². The first-order chi connectivity index (χ1) is 7.65. The highest BCUT2D eigenvalue weighted by Gasteiger charge is 2.08. The van der Waals surface area contributed by atoms with Gasteiger partial charge in [0.15, 0.2) is 0 Å². The second-order valence-electron chi connectivity index (χ2n) is 2.95. The van der Waals surface area contributed by atoms with E-state index in [1.54, 1.807) is 25.2 Å². The van der Waals surface area contributed by atoms with Crippen LogP contribution in [0.3, 0.4) is 0 Å². The third-order valence-corrected chi connectivity index (χ3v) is 1.69. The highest BCUT2D eigenvalue weighted by atomic mass is 16.5. The van der Waals surface area contributed by atoms with E-state index in [0.29, 0.717) is 12.2 Å². The van der Waals surface area contributed by atoms with Gasteiger partial charge < -0.3 is 4.74 Å². The van der Waals surface area contributed by atoms with Gasteiger partial charge in [-0.1, -0.05) is 18.7 Å². The molecule has 0 saturated heterocycles. The van der Waals surface area contributed by atoms with E-state index in [1.807, 2.05) is 6.92 Å². The summed E-state index contributed by atoms with van der Waals surface area (Å²) in [6.45, 7) is 7.65. The lowest BCUT2D eigenvalue weighted by Crippen LogP contribution is -2.31. The van der Waals surface area contributed by atoms with Gasteiger partial charge in [-0.15, -0.1) is 0 Å². The average Bonchev–Trinajstić information content (AvgIpc) is 2.25. The number of amides is 2. The van der Waals surface area contributed by atoms with E-state index in [4.69, 9.17) is 4.74 Å². The smallest absolute Gasteiger partial charge is 0.252 e. The van der Waals surface area contributed by atoms with Crippen LogP contribution in [0.1, 0.15) is 13.8 Å². The molecule has 0 heterocycles. The zero-order valence-electron chi connectivity index (χ0n) is 9.68. The van der Waals surface area contributed by atoms with E-state index in [-0.39, 0.29) is 19.1 Å². The molecule has 0 radical (unpaired) electrons. The molecule has 0 aromatic carbocycles. The molecule has 0 aromatic rings. The topological polar surface area (TPSA) is 46.6 Å². The van der Waals surface area contributed by atoms with E-state index in [2.05, 4.69) is 6.58 Å². The second kappa shape index (κ2) is 8.47. The highest BCUT2D eigenvalue weighted by Crippen LogP contribution is 1.96. The summed E-state index contributed by atoms with van der Waals surface area (Å²) >= 11 is 0. The van der Waals surface area contributed by atoms with Gasteiger partial charge in [-0.25, -0.2) is 0 Å². The molecule has 88 valence electrons. The number of allylic oxidation sites excluding steroid dienone is 3. The molecule has 16 heavy (non-hydrogen) atoms. The molecule has 0 unspecified atom stereocenters. The molecular formula is C12H17NO3. The number of ether oxygens (including phenoxy) is 1. The normalized spacial score (nSPS) is 10.6. The van der Waals surface area contributed by atoms with Gasteiger partial charge >= 0.3 is 0 Å². The molecule has 0 rings (SSSR count). The van der Waals surface area contributed by atoms with Gasteiger partial charge in [0.1, 0.15) is 12.4 Å². The Morgan fingerprint density at radius 2 is 1.94 bits per heavy atom. The van der Waals surface area contributed by atoms with Crippen molar-refractivity contribution < 1.29 is 14.3 Å². The van der Waals surface area contributed by atoms with Crippen LogP contribution in [0, 0.1) is 0 Å². The van der Waals surface area contributed by atoms with Crippen LogP contribution in [-0.4, -0.2) is 30.4 Å². The van der Waals surface area contributed by atoms with Gasteiger partial charge in [0, 0.05) is 0 Å². The lowest BCUT2D eigenvalue weighted by Gasteiger charge is -2.13. The van der Waals surface area contributed by atoms with Gasteiger partial charge in [-0.05, 0) is 26.0 Å². The van der Waals surface area contributed by atoms with Crippen molar-refractivity contribution in [1.29, 1.82) is 0 Å². The summed E-state index contributed by atoms with van der Waals surface area (Å²) in [4.78, 5) is 22.9. The van der Waals surface area contributed by atoms with E-state index < -0.39 is 0 Å². The van der Waals surface area contributed by atoms with Crippen molar-refractivity contribution in [1.82, 2.24) is 4.90 Å². The first-order valence-electron chi connectivity index (χ1n) is 4.98. The summed E-state index contributed by atoms with van der Waals surface area (Å²) in [5.41, 5.74) is 0. The molecule has 0 saturated carbocycles. The Morgan fingerprint density at radius 1 is 1.31 bits per heavy atom. The number of hydrogen-bond acceptors (Lipinski definition) is 3. The lowest BCUT2D eigenvalue weighted by molar-refractivity contribution is -0.135. The summed E-state index contributed by atoms with van der Waals surface area (Å²) in [7, 11) is 0.